The van der Waals surface area contributed by atoms with Crippen LogP contribution in [0.5, 0.6) is 0 Å². The predicted octanol–water partition coefficient (Wildman–Crippen LogP) is -0.351. The Labute approximate surface area is 65.9 Å². The van der Waals surface area contributed by atoms with Gasteiger partial charge in [-0.25, -0.2) is 0 Å². The second kappa shape index (κ2) is 3.27. The third-order valence-electron chi connectivity index (χ3n) is 1.77. The number of ether oxygens (including phenoxy) is 1. The Bertz CT molecular complexity index is 140. The molecule has 0 aromatic heterocycles. The fourth-order valence-corrected chi connectivity index (χ4v) is 1.28. The zero-order valence-electron chi connectivity index (χ0n) is 5.96. The van der Waals surface area contributed by atoms with Crippen molar-refractivity contribution in [1.29, 1.82) is 0 Å². The van der Waals surface area contributed by atoms with Gasteiger partial charge in [0.25, 0.3) is 0 Å². The molecule has 0 aromatic carbocycles. The lowest BCUT2D eigenvalue weighted by atomic mass is 10.2. The molecule has 1 rings (SSSR count). The zero-order chi connectivity index (χ0) is 7.56. The molecule has 2 atom stereocenters. The topological polar surface area (TPSA) is 47.3 Å². The summed E-state index contributed by atoms with van der Waals surface area (Å²) in [5.41, 5.74) is 5.43. The van der Waals surface area contributed by atoms with E-state index in [1.165, 1.54) is 0 Å². The molecule has 4 heteroatoms. The molecular weight excluding hydrogens is 148 g/mol. The van der Waals surface area contributed by atoms with Crippen molar-refractivity contribution >= 4 is 17.2 Å². The molecule has 3 nitrogen and oxygen atoms in total. The van der Waals surface area contributed by atoms with Crippen molar-refractivity contribution in [1.82, 2.24) is 5.32 Å². The number of hydrogen-bond acceptors (Lipinski definition) is 3. The minimum absolute atomic E-state index is 0.181. The van der Waals surface area contributed by atoms with Gasteiger partial charge in [0, 0.05) is 13.7 Å². The Hall–Kier alpha value is -0.190. The molecule has 58 valence electrons. The summed E-state index contributed by atoms with van der Waals surface area (Å²) < 4.78 is 5.11. The number of nitrogens with one attached hydrogen (secondary N) is 1. The van der Waals surface area contributed by atoms with Crippen molar-refractivity contribution in [2.45, 2.75) is 18.6 Å². The van der Waals surface area contributed by atoms with Gasteiger partial charge in [-0.2, -0.15) is 0 Å². The fourth-order valence-electron chi connectivity index (χ4n) is 1.10. The average Bonchev–Trinajstić information content (AvgIpc) is 2.34. The van der Waals surface area contributed by atoms with Gasteiger partial charge in [-0.1, -0.05) is 12.2 Å². The van der Waals surface area contributed by atoms with E-state index < -0.39 is 0 Å². The van der Waals surface area contributed by atoms with E-state index in [2.05, 4.69) is 5.32 Å². The zero-order valence-corrected chi connectivity index (χ0v) is 6.78. The third kappa shape index (κ3) is 1.65. The summed E-state index contributed by atoms with van der Waals surface area (Å²) in [4.78, 5) is 0.541. The molecule has 0 radical (unpaired) electrons. The van der Waals surface area contributed by atoms with Gasteiger partial charge >= 0.3 is 0 Å². The number of hydrogen-bond donors (Lipinski definition) is 2. The van der Waals surface area contributed by atoms with Crippen molar-refractivity contribution in [3.8, 4) is 0 Å². The lowest BCUT2D eigenvalue weighted by Gasteiger charge is -2.06. The first-order valence-corrected chi connectivity index (χ1v) is 3.70. The van der Waals surface area contributed by atoms with E-state index in [4.69, 9.17) is 22.7 Å². The molecule has 0 spiro atoms. The maximum Gasteiger partial charge on any atom is 0.0900 e. The lowest BCUT2D eigenvalue weighted by molar-refractivity contribution is 0.118. The SMILES string of the molecule is CO[C@H]1CN[C@@H](C(N)=S)C1. The second-order valence-corrected chi connectivity index (χ2v) is 2.93. The molecule has 1 heterocycles. The Morgan fingerprint density at radius 1 is 1.80 bits per heavy atom. The summed E-state index contributed by atoms with van der Waals surface area (Å²) >= 11 is 4.82. The summed E-state index contributed by atoms with van der Waals surface area (Å²) in [6.07, 6.45) is 1.19. The van der Waals surface area contributed by atoms with Gasteiger partial charge in [-0.15, -0.1) is 0 Å². The van der Waals surface area contributed by atoms with Crippen LogP contribution in [0.1, 0.15) is 6.42 Å². The molecule has 3 N–H and O–H groups in total. The van der Waals surface area contributed by atoms with E-state index in [-0.39, 0.29) is 12.1 Å². The van der Waals surface area contributed by atoms with Crippen LogP contribution in [0.4, 0.5) is 0 Å². The third-order valence-corrected chi connectivity index (χ3v) is 2.05. The highest BCUT2D eigenvalue weighted by atomic mass is 32.1. The smallest absolute Gasteiger partial charge is 0.0900 e. The Morgan fingerprint density at radius 2 is 2.50 bits per heavy atom. The quantitative estimate of drug-likeness (QED) is 0.542. The van der Waals surface area contributed by atoms with Gasteiger partial charge in [0.15, 0.2) is 0 Å². The van der Waals surface area contributed by atoms with E-state index in [1.807, 2.05) is 0 Å². The van der Waals surface area contributed by atoms with E-state index >= 15 is 0 Å². The standard InChI is InChI=1S/C6H12N2OS/c1-9-4-2-5(6(7)10)8-3-4/h4-5,8H,2-3H2,1H3,(H2,7,10)/t4-,5-/m1/s1. The van der Waals surface area contributed by atoms with Crippen molar-refractivity contribution in [2.75, 3.05) is 13.7 Å². The molecule has 1 aliphatic rings. The van der Waals surface area contributed by atoms with Crippen molar-refractivity contribution in [2.24, 2.45) is 5.73 Å². The molecule has 0 amide bonds. The van der Waals surface area contributed by atoms with Crippen molar-refractivity contribution < 1.29 is 4.74 Å². The number of nitrogens with two attached hydrogens (primary N) is 1. The summed E-state index contributed by atoms with van der Waals surface area (Å²) in [7, 11) is 1.70. The van der Waals surface area contributed by atoms with Gasteiger partial charge in [-0.05, 0) is 6.42 Å². The molecule has 1 saturated heterocycles. The maximum absolute atomic E-state index is 5.43. The Kier molecular flexibility index (Phi) is 2.59. The molecule has 0 bridgehead atoms. The van der Waals surface area contributed by atoms with Crippen molar-refractivity contribution in [3.05, 3.63) is 0 Å². The van der Waals surface area contributed by atoms with Gasteiger partial charge in [0.05, 0.1) is 17.1 Å². The summed E-state index contributed by atoms with van der Waals surface area (Å²) in [5, 5.41) is 3.17. The monoisotopic (exact) mass is 160 g/mol. The van der Waals surface area contributed by atoms with E-state index in [0.29, 0.717) is 4.99 Å². The molecular formula is C6H12N2OS. The summed E-state index contributed by atoms with van der Waals surface area (Å²) in [5.74, 6) is 0. The molecule has 0 aromatic rings. The van der Waals surface area contributed by atoms with Gasteiger partial charge in [0.2, 0.25) is 0 Å². The number of rotatable bonds is 2. The van der Waals surface area contributed by atoms with Crippen LogP contribution in [0.2, 0.25) is 0 Å². The van der Waals surface area contributed by atoms with E-state index in [9.17, 15) is 0 Å². The first-order valence-electron chi connectivity index (χ1n) is 3.29. The molecule has 0 aliphatic carbocycles. The van der Waals surface area contributed by atoms with Crippen LogP contribution in [0.25, 0.3) is 0 Å². The van der Waals surface area contributed by atoms with E-state index in [1.54, 1.807) is 7.11 Å². The largest absolute Gasteiger partial charge is 0.392 e. The first kappa shape index (κ1) is 7.91. The van der Waals surface area contributed by atoms with Gasteiger partial charge in [0.1, 0.15) is 0 Å². The minimum Gasteiger partial charge on any atom is -0.392 e. The van der Waals surface area contributed by atoms with Crippen LogP contribution in [0.3, 0.4) is 0 Å². The highest BCUT2D eigenvalue weighted by molar-refractivity contribution is 7.80. The highest BCUT2D eigenvalue weighted by Gasteiger charge is 2.24. The minimum atomic E-state index is 0.181. The molecule has 0 saturated carbocycles. The van der Waals surface area contributed by atoms with E-state index in [0.717, 1.165) is 13.0 Å². The highest BCUT2D eigenvalue weighted by Crippen LogP contribution is 2.08. The van der Waals surface area contributed by atoms with Crippen LogP contribution in [-0.4, -0.2) is 30.8 Å². The summed E-state index contributed by atoms with van der Waals surface area (Å²) in [6.45, 7) is 0.860. The van der Waals surface area contributed by atoms with Crippen LogP contribution < -0.4 is 11.1 Å². The second-order valence-electron chi connectivity index (χ2n) is 2.46. The molecule has 10 heavy (non-hydrogen) atoms. The van der Waals surface area contributed by atoms with Crippen LogP contribution in [-0.2, 0) is 4.74 Å². The van der Waals surface area contributed by atoms with Crippen molar-refractivity contribution in [3.63, 3.8) is 0 Å². The lowest BCUT2D eigenvalue weighted by Crippen LogP contribution is -2.34. The molecule has 1 fully saturated rings. The van der Waals surface area contributed by atoms with Gasteiger partial charge < -0.3 is 15.8 Å². The normalized spacial score (nSPS) is 32.5. The first-order chi connectivity index (χ1) is 4.74. The van der Waals surface area contributed by atoms with Crippen LogP contribution >= 0.6 is 12.2 Å². The van der Waals surface area contributed by atoms with Crippen LogP contribution in [0.15, 0.2) is 0 Å². The number of thiocarbonyl (C=S) groups is 1. The molecule has 1 aliphatic heterocycles. The van der Waals surface area contributed by atoms with Crippen LogP contribution in [0, 0.1) is 0 Å². The van der Waals surface area contributed by atoms with Gasteiger partial charge in [-0.3, -0.25) is 0 Å². The maximum atomic E-state index is 5.43. The predicted molar refractivity (Wildman–Crippen MR) is 44.0 cm³/mol. The fraction of sp³-hybridized carbons (Fsp3) is 0.833. The molecule has 0 unspecified atom stereocenters. The Morgan fingerprint density at radius 3 is 2.80 bits per heavy atom. The summed E-state index contributed by atoms with van der Waals surface area (Å²) in [6, 6.07) is 0.181. The average molecular weight is 160 g/mol. The number of methoxy groups -OCH3 is 1. The Balaban J connectivity index is 2.35.